The molecule has 0 amide bonds. The van der Waals surface area contributed by atoms with E-state index in [-0.39, 0.29) is 23.1 Å². The molecule has 0 aromatic heterocycles. The predicted octanol–water partition coefficient (Wildman–Crippen LogP) is 4.50. The fourth-order valence-corrected chi connectivity index (χ4v) is 4.63. The van der Waals surface area contributed by atoms with E-state index in [2.05, 4.69) is 6.92 Å². The number of carboxylic acids is 2. The van der Waals surface area contributed by atoms with Crippen molar-refractivity contribution in [3.8, 4) is 11.5 Å². The van der Waals surface area contributed by atoms with E-state index in [4.69, 9.17) is 4.74 Å². The minimum atomic E-state index is -1.17. The van der Waals surface area contributed by atoms with Crippen LogP contribution in [0.5, 0.6) is 11.5 Å². The highest BCUT2D eigenvalue weighted by Crippen LogP contribution is 2.54. The maximum atomic E-state index is 11.9. The van der Waals surface area contributed by atoms with Gasteiger partial charge in [0.15, 0.2) is 0 Å². The second-order valence-corrected chi connectivity index (χ2v) is 8.31. The molecule has 0 saturated heterocycles. The summed E-state index contributed by atoms with van der Waals surface area (Å²) >= 11 is 0. The average molecular weight is 388 g/mol. The largest absolute Gasteiger partial charge is 0.507 e. The summed E-state index contributed by atoms with van der Waals surface area (Å²) in [7, 11) is 0. The van der Waals surface area contributed by atoms with Crippen LogP contribution in [0.25, 0.3) is 0 Å². The lowest BCUT2D eigenvalue weighted by atomic mass is 9.67. The molecule has 3 N–H and O–H groups in total. The van der Waals surface area contributed by atoms with Crippen LogP contribution in [-0.4, -0.2) is 32.9 Å². The Morgan fingerprint density at radius 2 is 1.93 bits per heavy atom. The summed E-state index contributed by atoms with van der Waals surface area (Å²) in [5.74, 6) is -2.40. The first-order chi connectivity index (χ1) is 13.2. The zero-order valence-corrected chi connectivity index (χ0v) is 16.6. The van der Waals surface area contributed by atoms with Gasteiger partial charge in [-0.3, -0.25) is 0 Å². The molecule has 0 bridgehead atoms. The van der Waals surface area contributed by atoms with Crippen molar-refractivity contribution in [2.75, 3.05) is 0 Å². The first kappa shape index (κ1) is 20.2. The van der Waals surface area contributed by atoms with Crippen molar-refractivity contribution in [3.63, 3.8) is 0 Å². The van der Waals surface area contributed by atoms with Crippen LogP contribution in [0, 0.1) is 5.92 Å². The van der Waals surface area contributed by atoms with Crippen molar-refractivity contribution in [2.45, 2.75) is 70.8 Å². The second-order valence-electron chi connectivity index (χ2n) is 8.31. The van der Waals surface area contributed by atoms with Crippen molar-refractivity contribution >= 4 is 11.9 Å². The van der Waals surface area contributed by atoms with Gasteiger partial charge >= 0.3 is 11.9 Å². The molecule has 0 unspecified atom stereocenters. The second kappa shape index (κ2) is 7.49. The zero-order valence-electron chi connectivity index (χ0n) is 16.6. The van der Waals surface area contributed by atoms with E-state index in [1.165, 1.54) is 0 Å². The van der Waals surface area contributed by atoms with Gasteiger partial charge in [-0.1, -0.05) is 25.8 Å². The van der Waals surface area contributed by atoms with E-state index in [1.807, 2.05) is 13.8 Å². The number of fused-ring (bicyclic) bond motifs is 3. The number of benzene rings is 1. The number of hydrogen-bond acceptors (Lipinski definition) is 4. The van der Waals surface area contributed by atoms with Gasteiger partial charge in [-0.25, -0.2) is 9.59 Å². The Hall–Kier alpha value is -2.50. The van der Waals surface area contributed by atoms with Gasteiger partial charge in [-0.15, -0.1) is 0 Å². The van der Waals surface area contributed by atoms with Crippen LogP contribution in [0.15, 0.2) is 17.7 Å². The fraction of sp³-hybridized carbons (Fsp3) is 0.545. The molecule has 2 aliphatic rings. The fourth-order valence-electron chi connectivity index (χ4n) is 4.63. The van der Waals surface area contributed by atoms with Crippen LogP contribution < -0.4 is 4.74 Å². The number of unbranched alkanes of at least 4 members (excludes halogenated alkanes) is 2. The molecule has 0 saturated carbocycles. The van der Waals surface area contributed by atoms with Crippen LogP contribution in [0.4, 0.5) is 0 Å². The lowest BCUT2D eigenvalue weighted by Crippen LogP contribution is -2.45. The van der Waals surface area contributed by atoms with E-state index < -0.39 is 17.5 Å². The van der Waals surface area contributed by atoms with Crippen LogP contribution in [-0.2, 0) is 11.2 Å². The van der Waals surface area contributed by atoms with Crippen molar-refractivity contribution in [2.24, 2.45) is 5.92 Å². The minimum Gasteiger partial charge on any atom is -0.507 e. The molecule has 0 spiro atoms. The highest BCUT2D eigenvalue weighted by molar-refractivity contribution is 5.94. The zero-order chi connectivity index (χ0) is 20.6. The summed E-state index contributed by atoms with van der Waals surface area (Å²) in [5, 5.41) is 30.1. The molecule has 6 nitrogen and oxygen atoms in total. The molecule has 1 aliphatic heterocycles. The number of aryl methyl sites for hydroxylation is 1. The van der Waals surface area contributed by atoms with E-state index in [9.17, 15) is 24.9 Å². The highest BCUT2D eigenvalue weighted by Gasteiger charge is 2.47. The maximum Gasteiger partial charge on any atom is 0.339 e. The molecule has 3 rings (SSSR count). The van der Waals surface area contributed by atoms with Crippen molar-refractivity contribution in [1.82, 2.24) is 0 Å². The molecule has 0 fully saturated rings. The van der Waals surface area contributed by atoms with Crippen LogP contribution in [0.2, 0.25) is 0 Å². The molecule has 1 heterocycles. The van der Waals surface area contributed by atoms with E-state index >= 15 is 0 Å². The number of ether oxygens (including phenoxy) is 1. The van der Waals surface area contributed by atoms with Crippen molar-refractivity contribution in [1.29, 1.82) is 0 Å². The van der Waals surface area contributed by atoms with E-state index in [0.717, 1.165) is 19.3 Å². The Balaban J connectivity index is 2.17. The Labute approximate surface area is 164 Å². The summed E-state index contributed by atoms with van der Waals surface area (Å²) in [6, 6.07) is 1.73. The molecule has 2 atom stereocenters. The predicted molar refractivity (Wildman–Crippen MR) is 104 cm³/mol. The number of rotatable bonds is 6. The average Bonchev–Trinajstić information content (AvgIpc) is 2.60. The number of aromatic carboxylic acids is 1. The van der Waals surface area contributed by atoms with Gasteiger partial charge in [0.25, 0.3) is 0 Å². The number of carboxylic acid groups (broad SMARTS) is 2. The maximum absolute atomic E-state index is 11.9. The van der Waals surface area contributed by atoms with E-state index in [1.54, 1.807) is 12.1 Å². The summed E-state index contributed by atoms with van der Waals surface area (Å²) in [4.78, 5) is 23.4. The van der Waals surface area contributed by atoms with Crippen molar-refractivity contribution in [3.05, 3.63) is 34.4 Å². The number of hydrogen-bond donors (Lipinski definition) is 3. The molecule has 1 aliphatic carbocycles. The third-order valence-electron chi connectivity index (χ3n) is 6.06. The quantitative estimate of drug-likeness (QED) is 0.620. The van der Waals surface area contributed by atoms with Crippen LogP contribution >= 0.6 is 0 Å². The van der Waals surface area contributed by atoms with Gasteiger partial charge < -0.3 is 20.1 Å². The third-order valence-corrected chi connectivity index (χ3v) is 6.06. The number of carbonyl (C=O) groups is 2. The monoisotopic (exact) mass is 388 g/mol. The Morgan fingerprint density at radius 1 is 1.21 bits per heavy atom. The third kappa shape index (κ3) is 3.48. The van der Waals surface area contributed by atoms with Gasteiger partial charge in [0.1, 0.15) is 22.7 Å². The lowest BCUT2D eigenvalue weighted by molar-refractivity contribution is -0.133. The summed E-state index contributed by atoms with van der Waals surface area (Å²) in [5.41, 5.74) is 0.626. The van der Waals surface area contributed by atoms with Gasteiger partial charge in [-0.05, 0) is 51.2 Å². The van der Waals surface area contributed by atoms with Gasteiger partial charge in [0, 0.05) is 23.0 Å². The summed E-state index contributed by atoms with van der Waals surface area (Å²) < 4.78 is 6.22. The number of phenols is 1. The molecule has 1 aromatic rings. The van der Waals surface area contributed by atoms with Gasteiger partial charge in [-0.2, -0.15) is 0 Å². The molecule has 0 radical (unpaired) electrons. The van der Waals surface area contributed by atoms with Crippen molar-refractivity contribution < 1.29 is 29.6 Å². The number of allylic oxidation sites excluding steroid dienone is 1. The Bertz CT molecular complexity index is 836. The van der Waals surface area contributed by atoms with E-state index in [0.29, 0.717) is 41.7 Å². The Morgan fingerprint density at radius 3 is 2.54 bits per heavy atom. The van der Waals surface area contributed by atoms with Gasteiger partial charge in [0.2, 0.25) is 0 Å². The number of aromatic hydroxyl groups is 1. The molecule has 152 valence electrons. The lowest BCUT2D eigenvalue weighted by Gasteiger charge is -2.46. The summed E-state index contributed by atoms with van der Waals surface area (Å²) in [6.07, 6.45) is 6.06. The normalized spacial score (nSPS) is 22.5. The molecule has 6 heteroatoms. The summed E-state index contributed by atoms with van der Waals surface area (Å²) in [6.45, 7) is 6.00. The first-order valence-corrected chi connectivity index (χ1v) is 9.92. The first-order valence-electron chi connectivity index (χ1n) is 9.92. The topological polar surface area (TPSA) is 104 Å². The Kier molecular flexibility index (Phi) is 5.41. The molecule has 1 aromatic carbocycles. The smallest absolute Gasteiger partial charge is 0.339 e. The van der Waals surface area contributed by atoms with Crippen LogP contribution in [0.3, 0.4) is 0 Å². The highest BCUT2D eigenvalue weighted by atomic mass is 16.5. The SMILES string of the molecule is CCCCCc1cc2c(c(O)c1C(=O)O)[C@@H]1C=C(C(=O)O)CC[C@H]1C(C)(C)O2. The standard InChI is InChI=1S/C22H28O6/c1-4-5-6-7-12-11-16-18(19(23)17(12)21(26)27)14-10-13(20(24)25)8-9-15(14)22(2,3)28-16/h10-11,14-15,23H,4-9H2,1-3H3,(H,24,25)(H,26,27)/t14-,15-/m1/s1. The number of aliphatic carboxylic acids is 1. The van der Waals surface area contributed by atoms with Gasteiger partial charge in [0.05, 0.1) is 0 Å². The molecular weight excluding hydrogens is 360 g/mol. The minimum absolute atomic E-state index is 0.0402. The molecule has 28 heavy (non-hydrogen) atoms. The van der Waals surface area contributed by atoms with Crippen LogP contribution in [0.1, 0.15) is 80.3 Å². The molecular formula is C22H28O6.